The van der Waals surface area contributed by atoms with Crippen LogP contribution in [-0.4, -0.2) is 66.9 Å². The topological polar surface area (TPSA) is 101 Å². The fourth-order valence-corrected chi connectivity index (χ4v) is 6.15. The largest absolute Gasteiger partial charge is 0.382 e. The van der Waals surface area contributed by atoms with Gasteiger partial charge in [-0.1, -0.05) is 41.4 Å². The molecule has 3 rings (SSSR count). The van der Waals surface area contributed by atoms with Gasteiger partial charge in [0.25, 0.3) is 0 Å². The standard InChI is InChI=1S/C31H41BrN4O5S/c1-4-6-18-35(23-29-9-7-19-34(29)22-26-10-12-27(32)13-11-26)31(38)24-36(20-8-21-41-5-2)42(39,40)30-16-14-28(15-17-30)33-25(3)37/h7,9-17,19H,4-6,8,18,20-24H2,1-3H3,(H,33,37). The van der Waals surface area contributed by atoms with Gasteiger partial charge in [-0.15, -0.1) is 0 Å². The molecule has 228 valence electrons. The number of carbonyl (C=O) groups is 2. The van der Waals surface area contributed by atoms with Crippen LogP contribution in [0.4, 0.5) is 5.69 Å². The number of sulfonamides is 1. The summed E-state index contributed by atoms with van der Waals surface area (Å²) in [5.41, 5.74) is 2.61. The molecule has 0 bridgehead atoms. The highest BCUT2D eigenvalue weighted by Gasteiger charge is 2.28. The van der Waals surface area contributed by atoms with Crippen LogP contribution < -0.4 is 5.32 Å². The van der Waals surface area contributed by atoms with E-state index >= 15 is 0 Å². The maximum absolute atomic E-state index is 13.8. The van der Waals surface area contributed by atoms with E-state index < -0.39 is 10.0 Å². The minimum absolute atomic E-state index is 0.0595. The Bertz CT molecular complexity index is 1390. The molecule has 11 heteroatoms. The highest BCUT2D eigenvalue weighted by molar-refractivity contribution is 9.10. The van der Waals surface area contributed by atoms with Crippen molar-refractivity contribution in [2.75, 3.05) is 38.2 Å². The number of unbranched alkanes of at least 4 members (excludes halogenated alkanes) is 1. The number of nitrogens with zero attached hydrogens (tertiary/aromatic N) is 3. The monoisotopic (exact) mass is 660 g/mol. The first kappa shape index (κ1) is 33.5. The van der Waals surface area contributed by atoms with Gasteiger partial charge in [-0.2, -0.15) is 4.31 Å². The molecule has 2 amide bonds. The molecule has 1 aromatic heterocycles. The second-order valence-corrected chi connectivity index (χ2v) is 12.9. The summed E-state index contributed by atoms with van der Waals surface area (Å²) in [6, 6.07) is 18.1. The molecule has 1 N–H and O–H groups in total. The lowest BCUT2D eigenvalue weighted by Gasteiger charge is -2.28. The van der Waals surface area contributed by atoms with E-state index in [2.05, 4.69) is 44.9 Å². The van der Waals surface area contributed by atoms with Crippen molar-refractivity contribution >= 4 is 43.5 Å². The lowest BCUT2D eigenvalue weighted by molar-refractivity contribution is -0.132. The predicted octanol–water partition coefficient (Wildman–Crippen LogP) is 5.50. The molecule has 0 aliphatic carbocycles. The van der Waals surface area contributed by atoms with Crippen LogP contribution in [0.15, 0.2) is 76.2 Å². The number of aromatic nitrogens is 1. The zero-order valence-electron chi connectivity index (χ0n) is 24.6. The number of rotatable bonds is 17. The smallest absolute Gasteiger partial charge is 0.243 e. The number of amides is 2. The number of hydrogen-bond acceptors (Lipinski definition) is 5. The van der Waals surface area contributed by atoms with E-state index in [4.69, 9.17) is 4.74 Å². The first-order valence-corrected chi connectivity index (χ1v) is 16.5. The first-order valence-electron chi connectivity index (χ1n) is 14.3. The Kier molecular flexibility index (Phi) is 13.2. The van der Waals surface area contributed by atoms with E-state index in [1.165, 1.54) is 23.4 Å². The number of halogens is 1. The molecule has 0 radical (unpaired) electrons. The minimum atomic E-state index is -3.99. The van der Waals surface area contributed by atoms with E-state index in [0.717, 1.165) is 28.6 Å². The summed E-state index contributed by atoms with van der Waals surface area (Å²) in [5, 5.41) is 2.64. The van der Waals surface area contributed by atoms with Gasteiger partial charge in [0.1, 0.15) is 0 Å². The number of carbonyl (C=O) groups excluding carboxylic acids is 2. The van der Waals surface area contributed by atoms with E-state index in [0.29, 0.717) is 45.0 Å². The van der Waals surface area contributed by atoms with Crippen molar-refractivity contribution in [1.29, 1.82) is 0 Å². The molecule has 42 heavy (non-hydrogen) atoms. The number of benzene rings is 2. The zero-order chi connectivity index (χ0) is 30.5. The normalized spacial score (nSPS) is 11.5. The fraction of sp³-hybridized carbons (Fsp3) is 0.419. The van der Waals surface area contributed by atoms with Crippen LogP contribution in [0.2, 0.25) is 0 Å². The number of anilines is 1. The van der Waals surface area contributed by atoms with Crippen LogP contribution in [0.5, 0.6) is 0 Å². The van der Waals surface area contributed by atoms with Crippen molar-refractivity contribution in [2.45, 2.75) is 58.0 Å². The maximum atomic E-state index is 13.8. The van der Waals surface area contributed by atoms with Crippen LogP contribution in [0.3, 0.4) is 0 Å². The Morgan fingerprint density at radius 3 is 2.33 bits per heavy atom. The van der Waals surface area contributed by atoms with Crippen molar-refractivity contribution in [3.05, 3.63) is 82.6 Å². The molecular formula is C31H41BrN4O5S. The van der Waals surface area contributed by atoms with Crippen molar-refractivity contribution in [2.24, 2.45) is 0 Å². The Morgan fingerprint density at radius 2 is 1.69 bits per heavy atom. The highest BCUT2D eigenvalue weighted by atomic mass is 79.9. The molecule has 9 nitrogen and oxygen atoms in total. The summed E-state index contributed by atoms with van der Waals surface area (Å²) in [4.78, 5) is 27.0. The second kappa shape index (κ2) is 16.6. The first-order chi connectivity index (χ1) is 20.1. The molecule has 0 atom stereocenters. The van der Waals surface area contributed by atoms with Gasteiger partial charge in [-0.25, -0.2) is 8.42 Å². The van der Waals surface area contributed by atoms with E-state index in [9.17, 15) is 18.0 Å². The van der Waals surface area contributed by atoms with Gasteiger partial charge in [-0.05, 0) is 73.9 Å². The molecule has 0 spiro atoms. The van der Waals surface area contributed by atoms with Crippen LogP contribution >= 0.6 is 15.9 Å². The van der Waals surface area contributed by atoms with Crippen LogP contribution in [-0.2, 0) is 37.4 Å². The predicted molar refractivity (Wildman–Crippen MR) is 169 cm³/mol. The van der Waals surface area contributed by atoms with Gasteiger partial charge >= 0.3 is 0 Å². The molecular weight excluding hydrogens is 620 g/mol. The van der Waals surface area contributed by atoms with Gasteiger partial charge in [0.2, 0.25) is 21.8 Å². The molecule has 0 fully saturated rings. The van der Waals surface area contributed by atoms with Gasteiger partial charge in [0.05, 0.1) is 18.0 Å². The Morgan fingerprint density at radius 1 is 0.976 bits per heavy atom. The summed E-state index contributed by atoms with van der Waals surface area (Å²) in [6.45, 7) is 7.68. The molecule has 3 aromatic rings. The third-order valence-electron chi connectivity index (χ3n) is 6.70. The molecule has 0 saturated carbocycles. The number of ether oxygens (including phenoxy) is 1. The lowest BCUT2D eigenvalue weighted by atomic mass is 10.2. The number of nitrogens with one attached hydrogen (secondary N) is 1. The van der Waals surface area contributed by atoms with E-state index in [1.807, 2.05) is 37.4 Å². The average molecular weight is 662 g/mol. The summed E-state index contributed by atoms with van der Waals surface area (Å²) in [5.74, 6) is -0.501. The maximum Gasteiger partial charge on any atom is 0.243 e. The SMILES string of the molecule is CCCCN(Cc1cccn1Cc1ccc(Br)cc1)C(=O)CN(CCCOCC)S(=O)(=O)c1ccc(NC(C)=O)cc1. The molecule has 0 aliphatic heterocycles. The molecule has 0 saturated heterocycles. The molecule has 2 aromatic carbocycles. The summed E-state index contributed by atoms with van der Waals surface area (Å²) in [7, 11) is -3.99. The third-order valence-corrected chi connectivity index (χ3v) is 9.09. The Hall–Kier alpha value is -2.99. The zero-order valence-corrected chi connectivity index (χ0v) is 27.0. The summed E-state index contributed by atoms with van der Waals surface area (Å²) < 4.78 is 37.2. The molecule has 0 unspecified atom stereocenters. The van der Waals surface area contributed by atoms with Crippen LogP contribution in [0.1, 0.15) is 51.3 Å². The Labute approximate surface area is 258 Å². The van der Waals surface area contributed by atoms with Crippen LogP contribution in [0.25, 0.3) is 0 Å². The van der Waals surface area contributed by atoms with Crippen molar-refractivity contribution in [3.8, 4) is 0 Å². The van der Waals surface area contributed by atoms with E-state index in [-0.39, 0.29) is 29.8 Å². The van der Waals surface area contributed by atoms with Gasteiger partial charge in [0, 0.05) is 61.8 Å². The van der Waals surface area contributed by atoms with Gasteiger partial charge in [-0.3, -0.25) is 9.59 Å². The molecule has 0 aliphatic rings. The second-order valence-electron chi connectivity index (χ2n) is 10.0. The van der Waals surface area contributed by atoms with Crippen molar-refractivity contribution < 1.29 is 22.7 Å². The van der Waals surface area contributed by atoms with Gasteiger partial charge in [0.15, 0.2) is 0 Å². The minimum Gasteiger partial charge on any atom is -0.382 e. The summed E-state index contributed by atoms with van der Waals surface area (Å²) in [6.07, 6.45) is 4.16. The Balaban J connectivity index is 1.81. The van der Waals surface area contributed by atoms with Crippen molar-refractivity contribution in [1.82, 2.24) is 13.8 Å². The van der Waals surface area contributed by atoms with Gasteiger partial charge < -0.3 is 19.5 Å². The van der Waals surface area contributed by atoms with E-state index in [1.54, 1.807) is 17.0 Å². The average Bonchev–Trinajstić information content (AvgIpc) is 3.39. The fourth-order valence-electron chi connectivity index (χ4n) is 4.46. The third kappa shape index (κ3) is 10.1. The van der Waals surface area contributed by atoms with Crippen LogP contribution in [0, 0.1) is 0 Å². The number of hydrogen-bond donors (Lipinski definition) is 1. The quantitative estimate of drug-likeness (QED) is 0.193. The lowest BCUT2D eigenvalue weighted by Crippen LogP contribution is -2.43. The highest BCUT2D eigenvalue weighted by Crippen LogP contribution is 2.20. The summed E-state index contributed by atoms with van der Waals surface area (Å²) >= 11 is 3.47. The molecule has 1 heterocycles. The van der Waals surface area contributed by atoms with Crippen molar-refractivity contribution in [3.63, 3.8) is 0 Å².